The van der Waals surface area contributed by atoms with Crippen LogP contribution in [0.2, 0.25) is 0 Å². The first-order valence-electron chi connectivity index (χ1n) is 7.82. The van der Waals surface area contributed by atoms with E-state index in [9.17, 15) is 14.7 Å². The van der Waals surface area contributed by atoms with Crippen LogP contribution in [0, 0.1) is 0 Å². The summed E-state index contributed by atoms with van der Waals surface area (Å²) >= 11 is 0. The van der Waals surface area contributed by atoms with E-state index >= 15 is 0 Å². The second kappa shape index (κ2) is 6.37. The van der Waals surface area contributed by atoms with Crippen LogP contribution in [-0.2, 0) is 9.53 Å². The summed E-state index contributed by atoms with van der Waals surface area (Å²) in [5.41, 5.74) is 5.34. The maximum Gasteiger partial charge on any atom is 0.419 e. The van der Waals surface area contributed by atoms with E-state index in [-0.39, 0.29) is 0 Å². The molecule has 3 N–H and O–H groups in total. The van der Waals surface area contributed by atoms with Crippen molar-refractivity contribution in [2.45, 2.75) is 44.8 Å². The van der Waals surface area contributed by atoms with E-state index in [4.69, 9.17) is 10.5 Å². The molecule has 0 amide bonds. The second-order valence-corrected chi connectivity index (χ2v) is 7.06. The van der Waals surface area contributed by atoms with Crippen LogP contribution in [0.15, 0.2) is 30.5 Å². The Balaban J connectivity index is 2.58. The summed E-state index contributed by atoms with van der Waals surface area (Å²) in [5, 5.41) is 10.3. The van der Waals surface area contributed by atoms with E-state index in [0.29, 0.717) is 17.4 Å². The quantitative estimate of drug-likeness (QED) is 0.839. The molecule has 1 aromatic heterocycles. The number of carbonyl (C=O) groups is 2. The molecular weight excluding hydrogens is 308 g/mol. The van der Waals surface area contributed by atoms with Gasteiger partial charge in [-0.1, -0.05) is 25.1 Å². The van der Waals surface area contributed by atoms with Crippen molar-refractivity contribution in [2.24, 2.45) is 5.73 Å². The van der Waals surface area contributed by atoms with Crippen molar-refractivity contribution in [1.82, 2.24) is 4.57 Å². The third-order valence-electron chi connectivity index (χ3n) is 4.10. The smallest absolute Gasteiger partial charge is 0.419 e. The normalized spacial score (nSPS) is 15.8. The molecule has 2 rings (SSSR count). The maximum absolute atomic E-state index is 12.5. The average molecular weight is 332 g/mol. The fourth-order valence-electron chi connectivity index (χ4n) is 2.58. The summed E-state index contributed by atoms with van der Waals surface area (Å²) in [4.78, 5) is 23.8. The Bertz CT molecular complexity index is 760. The SMILES string of the molecule is C[C@@H](c1cn(C(=O)OC(C)(C)C)c2ccccc12)C(N)(C=O)CO. The molecule has 2 aromatic rings. The van der Waals surface area contributed by atoms with Gasteiger partial charge in [-0.25, -0.2) is 4.79 Å². The monoisotopic (exact) mass is 332 g/mol. The number of carbonyl (C=O) groups excluding carboxylic acids is 2. The number of ether oxygens (including phenoxy) is 1. The van der Waals surface area contributed by atoms with Crippen LogP contribution in [-0.4, -0.2) is 39.8 Å². The highest BCUT2D eigenvalue weighted by Gasteiger charge is 2.34. The average Bonchev–Trinajstić information content (AvgIpc) is 2.91. The number of rotatable bonds is 4. The number of hydrogen-bond donors (Lipinski definition) is 2. The zero-order chi connectivity index (χ0) is 18.1. The van der Waals surface area contributed by atoms with Crippen LogP contribution in [0.4, 0.5) is 4.79 Å². The van der Waals surface area contributed by atoms with Crippen molar-refractivity contribution in [3.63, 3.8) is 0 Å². The van der Waals surface area contributed by atoms with Gasteiger partial charge in [0, 0.05) is 17.5 Å². The molecule has 6 nitrogen and oxygen atoms in total. The minimum atomic E-state index is -1.41. The molecule has 1 unspecified atom stereocenters. The molecule has 1 aromatic carbocycles. The van der Waals surface area contributed by atoms with Gasteiger partial charge in [0.1, 0.15) is 17.4 Å². The van der Waals surface area contributed by atoms with Crippen molar-refractivity contribution in [3.05, 3.63) is 36.0 Å². The Hall–Kier alpha value is -2.18. The number of nitrogens with zero attached hydrogens (tertiary/aromatic N) is 1. The topological polar surface area (TPSA) is 94.5 Å². The van der Waals surface area contributed by atoms with E-state index in [1.54, 1.807) is 40.0 Å². The van der Waals surface area contributed by atoms with Gasteiger partial charge >= 0.3 is 6.09 Å². The zero-order valence-electron chi connectivity index (χ0n) is 14.4. The van der Waals surface area contributed by atoms with Gasteiger partial charge in [-0.3, -0.25) is 4.57 Å². The highest BCUT2D eigenvalue weighted by atomic mass is 16.6. The third kappa shape index (κ3) is 3.34. The Morgan fingerprint density at radius 2 is 2.00 bits per heavy atom. The van der Waals surface area contributed by atoms with Crippen molar-refractivity contribution in [2.75, 3.05) is 6.61 Å². The van der Waals surface area contributed by atoms with Gasteiger partial charge in [0.05, 0.1) is 12.1 Å². The Morgan fingerprint density at radius 3 is 2.54 bits per heavy atom. The molecule has 0 bridgehead atoms. The minimum absolute atomic E-state index is 0.478. The molecule has 0 aliphatic heterocycles. The first kappa shape index (κ1) is 18.2. The minimum Gasteiger partial charge on any atom is -0.443 e. The number of benzene rings is 1. The predicted octanol–water partition coefficient (Wildman–Crippen LogP) is 2.42. The van der Waals surface area contributed by atoms with E-state index in [0.717, 1.165) is 5.39 Å². The standard InChI is InChI=1S/C18H24N2O4/c1-12(18(19,10-21)11-22)14-9-20(16(23)24-17(2,3)4)15-8-6-5-7-13(14)15/h5-10,12,22H,11,19H2,1-4H3/t12-,18?/m0/s1. The second-order valence-electron chi connectivity index (χ2n) is 7.06. The lowest BCUT2D eigenvalue weighted by Crippen LogP contribution is -2.49. The number of para-hydroxylation sites is 1. The maximum atomic E-state index is 12.5. The fraction of sp³-hybridized carbons (Fsp3) is 0.444. The summed E-state index contributed by atoms with van der Waals surface area (Å²) in [7, 11) is 0. The largest absolute Gasteiger partial charge is 0.443 e. The number of fused-ring (bicyclic) bond motifs is 1. The number of aromatic nitrogens is 1. The van der Waals surface area contributed by atoms with E-state index in [2.05, 4.69) is 0 Å². The van der Waals surface area contributed by atoms with E-state index in [1.165, 1.54) is 4.57 Å². The van der Waals surface area contributed by atoms with Crippen LogP contribution in [0.1, 0.15) is 39.2 Å². The molecule has 1 heterocycles. The number of nitrogens with two attached hydrogens (primary N) is 1. The number of aldehydes is 1. The highest BCUT2D eigenvalue weighted by molar-refractivity contribution is 5.93. The summed E-state index contributed by atoms with van der Waals surface area (Å²) < 4.78 is 6.85. The van der Waals surface area contributed by atoms with Crippen molar-refractivity contribution < 1.29 is 19.4 Å². The van der Waals surface area contributed by atoms with Crippen LogP contribution >= 0.6 is 0 Å². The van der Waals surface area contributed by atoms with Gasteiger partial charge in [0.15, 0.2) is 0 Å². The summed E-state index contributed by atoms with van der Waals surface area (Å²) in [6.45, 7) is 6.66. The van der Waals surface area contributed by atoms with Gasteiger partial charge in [-0.05, 0) is 32.4 Å². The summed E-state index contributed by atoms with van der Waals surface area (Å²) in [6, 6.07) is 7.31. The lowest BCUT2D eigenvalue weighted by molar-refractivity contribution is -0.114. The van der Waals surface area contributed by atoms with Crippen LogP contribution < -0.4 is 5.73 Å². The van der Waals surface area contributed by atoms with Gasteiger partial charge in [-0.15, -0.1) is 0 Å². The van der Waals surface area contributed by atoms with Crippen molar-refractivity contribution in [1.29, 1.82) is 0 Å². The molecule has 0 aliphatic carbocycles. The van der Waals surface area contributed by atoms with E-state index < -0.39 is 29.8 Å². The van der Waals surface area contributed by atoms with Crippen molar-refractivity contribution >= 4 is 23.3 Å². The zero-order valence-corrected chi connectivity index (χ0v) is 14.4. The highest BCUT2D eigenvalue weighted by Crippen LogP contribution is 2.33. The molecule has 0 fully saturated rings. The van der Waals surface area contributed by atoms with Crippen LogP contribution in [0.25, 0.3) is 10.9 Å². The molecule has 6 heteroatoms. The number of aliphatic hydroxyl groups is 1. The van der Waals surface area contributed by atoms with E-state index in [1.807, 2.05) is 18.2 Å². The van der Waals surface area contributed by atoms with Gasteiger partial charge < -0.3 is 20.4 Å². The molecule has 0 saturated carbocycles. The molecule has 0 radical (unpaired) electrons. The Morgan fingerprint density at radius 1 is 1.38 bits per heavy atom. The lowest BCUT2D eigenvalue weighted by Gasteiger charge is -2.27. The molecule has 2 atom stereocenters. The Kier molecular flexibility index (Phi) is 4.82. The van der Waals surface area contributed by atoms with Gasteiger partial charge in [-0.2, -0.15) is 0 Å². The van der Waals surface area contributed by atoms with Gasteiger partial charge in [0.2, 0.25) is 0 Å². The first-order valence-corrected chi connectivity index (χ1v) is 7.82. The number of hydrogen-bond acceptors (Lipinski definition) is 5. The molecular formula is C18H24N2O4. The lowest BCUT2D eigenvalue weighted by atomic mass is 9.83. The van der Waals surface area contributed by atoms with Crippen LogP contribution in [0.3, 0.4) is 0 Å². The molecule has 24 heavy (non-hydrogen) atoms. The number of aliphatic hydroxyl groups excluding tert-OH is 1. The third-order valence-corrected chi connectivity index (χ3v) is 4.10. The Labute approximate surface area is 141 Å². The fourth-order valence-corrected chi connectivity index (χ4v) is 2.58. The van der Waals surface area contributed by atoms with Crippen LogP contribution in [0.5, 0.6) is 0 Å². The molecule has 130 valence electrons. The first-order chi connectivity index (χ1) is 11.1. The van der Waals surface area contributed by atoms with Gasteiger partial charge in [0.25, 0.3) is 0 Å². The van der Waals surface area contributed by atoms with Crippen molar-refractivity contribution in [3.8, 4) is 0 Å². The summed E-state index contributed by atoms with van der Waals surface area (Å²) in [6.07, 6.45) is 1.68. The molecule has 0 aliphatic rings. The predicted molar refractivity (Wildman–Crippen MR) is 92.1 cm³/mol. The summed E-state index contributed by atoms with van der Waals surface area (Å²) in [5.74, 6) is -0.478. The molecule has 0 saturated heterocycles. The molecule has 0 spiro atoms.